The maximum Gasteiger partial charge on any atom is 0.237 e. The van der Waals surface area contributed by atoms with Crippen LogP contribution in [0.1, 0.15) is 33.6 Å². The minimum Gasteiger partial charge on any atom is -0.352 e. The van der Waals surface area contributed by atoms with Gasteiger partial charge in [0.15, 0.2) is 0 Å². The van der Waals surface area contributed by atoms with E-state index in [2.05, 4.69) is 17.6 Å². The first kappa shape index (κ1) is 15.6. The molecule has 0 saturated carbocycles. The van der Waals surface area contributed by atoms with E-state index in [0.717, 1.165) is 12.8 Å². The Morgan fingerprint density at radius 2 is 2.00 bits per heavy atom. The molecule has 3 atom stereocenters. The van der Waals surface area contributed by atoms with Gasteiger partial charge in [0.2, 0.25) is 5.91 Å². The number of nitrogens with one attached hydrogen (secondary N) is 2. The molecular formula is C11H24N2O2S. The van der Waals surface area contributed by atoms with Gasteiger partial charge >= 0.3 is 0 Å². The number of carbonyl (C=O) groups excluding carboxylic acids is 1. The van der Waals surface area contributed by atoms with E-state index >= 15 is 0 Å². The predicted molar refractivity (Wildman–Crippen MR) is 68.9 cm³/mol. The average Bonchev–Trinajstić information content (AvgIpc) is 2.17. The first-order valence-electron chi connectivity index (χ1n) is 5.81. The molecule has 1 amide bonds. The topological polar surface area (TPSA) is 58.2 Å². The van der Waals surface area contributed by atoms with E-state index < -0.39 is 10.8 Å². The van der Waals surface area contributed by atoms with Gasteiger partial charge < -0.3 is 10.6 Å². The van der Waals surface area contributed by atoms with Crippen LogP contribution < -0.4 is 10.6 Å². The molecule has 0 aromatic carbocycles. The number of carbonyl (C=O) groups is 1. The van der Waals surface area contributed by atoms with Crippen LogP contribution in [0, 0.1) is 0 Å². The summed E-state index contributed by atoms with van der Waals surface area (Å²) in [6.07, 6.45) is 3.73. The molecule has 3 unspecified atom stereocenters. The Morgan fingerprint density at radius 3 is 2.50 bits per heavy atom. The molecule has 0 aromatic rings. The quantitative estimate of drug-likeness (QED) is 0.663. The number of amides is 1. The zero-order chi connectivity index (χ0) is 12.6. The van der Waals surface area contributed by atoms with Crippen molar-refractivity contribution in [3.05, 3.63) is 0 Å². The summed E-state index contributed by atoms with van der Waals surface area (Å²) in [5.74, 6) is 0.602. The Bertz CT molecular complexity index is 234. The van der Waals surface area contributed by atoms with Crippen LogP contribution in [-0.2, 0) is 15.6 Å². The van der Waals surface area contributed by atoms with Crippen LogP contribution in [-0.4, -0.2) is 40.8 Å². The van der Waals surface area contributed by atoms with Crippen LogP contribution in [0.4, 0.5) is 0 Å². The zero-order valence-electron chi connectivity index (χ0n) is 10.7. The second kappa shape index (κ2) is 8.70. The average molecular weight is 248 g/mol. The molecule has 4 nitrogen and oxygen atoms in total. The van der Waals surface area contributed by atoms with Crippen LogP contribution in [0.3, 0.4) is 0 Å². The fraction of sp³-hybridized carbons (Fsp3) is 0.909. The van der Waals surface area contributed by atoms with Gasteiger partial charge in [-0.05, 0) is 20.3 Å². The molecule has 0 aromatic heterocycles. The Hall–Kier alpha value is -0.420. The summed E-state index contributed by atoms with van der Waals surface area (Å²) in [7, 11) is -0.803. The number of rotatable bonds is 8. The SMILES string of the molecule is CCCC(C)NC(=O)C(C)NCCS(C)=O. The van der Waals surface area contributed by atoms with Crippen molar-refractivity contribution in [3.8, 4) is 0 Å². The van der Waals surface area contributed by atoms with Crippen molar-refractivity contribution < 1.29 is 9.00 Å². The van der Waals surface area contributed by atoms with E-state index in [9.17, 15) is 9.00 Å². The molecule has 2 N–H and O–H groups in total. The van der Waals surface area contributed by atoms with Gasteiger partial charge in [0.25, 0.3) is 0 Å². The van der Waals surface area contributed by atoms with Crippen LogP contribution in [0.25, 0.3) is 0 Å². The van der Waals surface area contributed by atoms with Gasteiger partial charge in [0.05, 0.1) is 6.04 Å². The van der Waals surface area contributed by atoms with Crippen molar-refractivity contribution in [2.24, 2.45) is 0 Å². The standard InChI is InChI=1S/C11H24N2O2S/c1-5-6-9(2)13-11(14)10(3)12-7-8-16(4)15/h9-10,12H,5-8H2,1-4H3,(H,13,14). The Kier molecular flexibility index (Phi) is 8.47. The van der Waals surface area contributed by atoms with Crippen molar-refractivity contribution >= 4 is 16.7 Å². The van der Waals surface area contributed by atoms with Gasteiger partial charge in [-0.25, -0.2) is 0 Å². The zero-order valence-corrected chi connectivity index (χ0v) is 11.5. The van der Waals surface area contributed by atoms with E-state index in [0.29, 0.717) is 12.3 Å². The third-order valence-electron chi connectivity index (χ3n) is 2.34. The van der Waals surface area contributed by atoms with Crippen molar-refractivity contribution in [2.75, 3.05) is 18.6 Å². The molecule has 0 saturated heterocycles. The highest BCUT2D eigenvalue weighted by Crippen LogP contribution is 1.95. The molecule has 0 spiro atoms. The molecule has 0 aliphatic heterocycles. The number of hydrogen-bond acceptors (Lipinski definition) is 3. The molecule has 0 rings (SSSR count). The fourth-order valence-electron chi connectivity index (χ4n) is 1.38. The minimum absolute atomic E-state index is 0.0165. The molecule has 96 valence electrons. The van der Waals surface area contributed by atoms with Gasteiger partial charge in [0, 0.05) is 35.4 Å². The lowest BCUT2D eigenvalue weighted by Gasteiger charge is -2.17. The molecule has 0 radical (unpaired) electrons. The summed E-state index contributed by atoms with van der Waals surface area (Å²) >= 11 is 0. The first-order valence-corrected chi connectivity index (χ1v) is 7.53. The van der Waals surface area contributed by atoms with E-state index in [4.69, 9.17) is 0 Å². The third-order valence-corrected chi connectivity index (χ3v) is 3.12. The van der Waals surface area contributed by atoms with E-state index in [1.54, 1.807) is 6.26 Å². The lowest BCUT2D eigenvalue weighted by molar-refractivity contribution is -0.123. The second-order valence-electron chi connectivity index (χ2n) is 4.15. The summed E-state index contributed by atoms with van der Waals surface area (Å²) in [4.78, 5) is 11.7. The number of hydrogen-bond donors (Lipinski definition) is 2. The Morgan fingerprint density at radius 1 is 1.38 bits per heavy atom. The van der Waals surface area contributed by atoms with E-state index in [1.165, 1.54) is 0 Å². The fourth-order valence-corrected chi connectivity index (χ4v) is 1.79. The molecule has 0 aliphatic carbocycles. The normalized spacial score (nSPS) is 16.5. The van der Waals surface area contributed by atoms with Crippen molar-refractivity contribution in [1.29, 1.82) is 0 Å². The minimum atomic E-state index is -0.803. The van der Waals surface area contributed by atoms with Crippen LogP contribution in [0.2, 0.25) is 0 Å². The second-order valence-corrected chi connectivity index (χ2v) is 5.71. The molecule has 0 heterocycles. The molecule has 0 fully saturated rings. The van der Waals surface area contributed by atoms with Gasteiger partial charge in [-0.15, -0.1) is 0 Å². The largest absolute Gasteiger partial charge is 0.352 e. The van der Waals surface area contributed by atoms with Crippen LogP contribution in [0.5, 0.6) is 0 Å². The first-order chi connectivity index (χ1) is 7.47. The summed E-state index contributed by atoms with van der Waals surface area (Å²) in [5, 5.41) is 6.00. The summed E-state index contributed by atoms with van der Waals surface area (Å²) in [6, 6.07) is 0.00455. The highest BCUT2D eigenvalue weighted by atomic mass is 32.2. The monoisotopic (exact) mass is 248 g/mol. The molecule has 5 heteroatoms. The predicted octanol–water partition coefficient (Wildman–Crippen LogP) is 0.648. The van der Waals surface area contributed by atoms with E-state index in [1.807, 2.05) is 13.8 Å². The maximum atomic E-state index is 11.7. The maximum absolute atomic E-state index is 11.7. The lowest BCUT2D eigenvalue weighted by atomic mass is 10.2. The highest BCUT2D eigenvalue weighted by Gasteiger charge is 2.13. The van der Waals surface area contributed by atoms with Gasteiger partial charge in [-0.3, -0.25) is 9.00 Å². The van der Waals surface area contributed by atoms with Gasteiger partial charge in [0.1, 0.15) is 0 Å². The molecule has 0 aliphatic rings. The van der Waals surface area contributed by atoms with Crippen molar-refractivity contribution in [3.63, 3.8) is 0 Å². The summed E-state index contributed by atoms with van der Waals surface area (Å²) in [6.45, 7) is 6.54. The van der Waals surface area contributed by atoms with E-state index in [-0.39, 0.29) is 18.0 Å². The summed E-state index contributed by atoms with van der Waals surface area (Å²) < 4.78 is 10.8. The molecule has 0 bridgehead atoms. The Balaban J connectivity index is 3.76. The van der Waals surface area contributed by atoms with Crippen LogP contribution in [0.15, 0.2) is 0 Å². The van der Waals surface area contributed by atoms with Crippen molar-refractivity contribution in [1.82, 2.24) is 10.6 Å². The molecule has 16 heavy (non-hydrogen) atoms. The van der Waals surface area contributed by atoms with Gasteiger partial charge in [-0.2, -0.15) is 0 Å². The van der Waals surface area contributed by atoms with Gasteiger partial charge in [-0.1, -0.05) is 13.3 Å². The Labute approximate surface area is 101 Å². The third kappa shape index (κ3) is 7.82. The van der Waals surface area contributed by atoms with Crippen LogP contribution >= 0.6 is 0 Å². The smallest absolute Gasteiger partial charge is 0.237 e. The lowest BCUT2D eigenvalue weighted by Crippen LogP contribution is -2.46. The molecular weight excluding hydrogens is 224 g/mol. The highest BCUT2D eigenvalue weighted by molar-refractivity contribution is 7.84. The van der Waals surface area contributed by atoms with Crippen molar-refractivity contribution in [2.45, 2.75) is 45.7 Å². The summed E-state index contributed by atoms with van der Waals surface area (Å²) in [5.41, 5.74) is 0.